The highest BCUT2D eigenvalue weighted by atomic mass is 19.1. The number of benzene rings is 1. The Morgan fingerprint density at radius 3 is 2.65 bits per heavy atom. The van der Waals surface area contributed by atoms with Crippen LogP contribution < -0.4 is 0 Å². The third-order valence-corrected chi connectivity index (χ3v) is 4.53. The van der Waals surface area contributed by atoms with Crippen LogP contribution in [0.4, 0.5) is 4.39 Å². The first-order chi connectivity index (χ1) is 11.0. The third kappa shape index (κ3) is 4.28. The zero-order chi connectivity index (χ0) is 17.0. The van der Waals surface area contributed by atoms with E-state index in [-0.39, 0.29) is 36.8 Å². The van der Waals surface area contributed by atoms with E-state index in [1.165, 1.54) is 12.1 Å². The summed E-state index contributed by atoms with van der Waals surface area (Å²) >= 11 is 0. The SMILES string of the molecule is Cc1cc(C(=O)N2C[C@@H](CN(C)CCO)[C@@H](CO)C2)ccc1F. The van der Waals surface area contributed by atoms with Gasteiger partial charge in [0, 0.05) is 44.3 Å². The van der Waals surface area contributed by atoms with Crippen LogP contribution in [0.2, 0.25) is 0 Å². The zero-order valence-corrected chi connectivity index (χ0v) is 13.7. The monoisotopic (exact) mass is 324 g/mol. The second kappa shape index (κ2) is 7.86. The summed E-state index contributed by atoms with van der Waals surface area (Å²) in [6.07, 6.45) is 0. The molecule has 5 nitrogen and oxygen atoms in total. The van der Waals surface area contributed by atoms with Crippen molar-refractivity contribution >= 4 is 5.91 Å². The van der Waals surface area contributed by atoms with Crippen LogP contribution in [0.3, 0.4) is 0 Å². The molecule has 0 saturated carbocycles. The number of hydrogen-bond acceptors (Lipinski definition) is 4. The number of likely N-dealkylation sites (tertiary alicyclic amines) is 1. The maximum absolute atomic E-state index is 13.4. The second-order valence-corrected chi connectivity index (χ2v) is 6.36. The average molecular weight is 324 g/mol. The normalized spacial score (nSPS) is 21.2. The Labute approximate surface area is 136 Å². The molecule has 0 radical (unpaired) electrons. The van der Waals surface area contributed by atoms with E-state index in [4.69, 9.17) is 5.11 Å². The minimum absolute atomic E-state index is 0.0293. The van der Waals surface area contributed by atoms with Crippen LogP contribution in [0.1, 0.15) is 15.9 Å². The number of halogens is 1. The van der Waals surface area contributed by atoms with Crippen molar-refractivity contribution in [3.8, 4) is 0 Å². The minimum atomic E-state index is -0.320. The minimum Gasteiger partial charge on any atom is -0.396 e. The fourth-order valence-corrected chi connectivity index (χ4v) is 3.14. The summed E-state index contributed by atoms with van der Waals surface area (Å²) in [5.41, 5.74) is 0.929. The number of aliphatic hydroxyl groups excluding tert-OH is 2. The van der Waals surface area contributed by atoms with Crippen LogP contribution in [-0.4, -0.2) is 72.4 Å². The lowest BCUT2D eigenvalue weighted by Gasteiger charge is -2.23. The van der Waals surface area contributed by atoms with Crippen LogP contribution in [0, 0.1) is 24.6 Å². The zero-order valence-electron chi connectivity index (χ0n) is 13.7. The summed E-state index contributed by atoms with van der Waals surface area (Å²) in [6.45, 7) is 4.12. The van der Waals surface area contributed by atoms with Crippen molar-refractivity contribution in [3.63, 3.8) is 0 Å². The number of nitrogens with zero attached hydrogens (tertiary/aromatic N) is 2. The van der Waals surface area contributed by atoms with Gasteiger partial charge in [-0.15, -0.1) is 0 Å². The van der Waals surface area contributed by atoms with Gasteiger partial charge in [0.1, 0.15) is 5.82 Å². The molecule has 1 aromatic rings. The van der Waals surface area contributed by atoms with E-state index in [0.717, 1.165) is 6.54 Å². The van der Waals surface area contributed by atoms with Gasteiger partial charge < -0.3 is 20.0 Å². The van der Waals surface area contributed by atoms with E-state index >= 15 is 0 Å². The molecule has 1 aromatic carbocycles. The summed E-state index contributed by atoms with van der Waals surface area (Å²) in [5.74, 6) is -0.248. The van der Waals surface area contributed by atoms with Gasteiger partial charge in [0.05, 0.1) is 6.61 Å². The van der Waals surface area contributed by atoms with Gasteiger partial charge in [0.15, 0.2) is 0 Å². The van der Waals surface area contributed by atoms with Gasteiger partial charge in [-0.05, 0) is 43.7 Å². The predicted octanol–water partition coefficient (Wildman–Crippen LogP) is 0.739. The Hall–Kier alpha value is -1.50. The van der Waals surface area contributed by atoms with Gasteiger partial charge in [0.25, 0.3) is 5.91 Å². The highest BCUT2D eigenvalue weighted by molar-refractivity contribution is 5.94. The highest BCUT2D eigenvalue weighted by Gasteiger charge is 2.35. The fraction of sp³-hybridized carbons (Fsp3) is 0.588. The van der Waals surface area contributed by atoms with Gasteiger partial charge in [-0.2, -0.15) is 0 Å². The molecule has 1 heterocycles. The Kier molecular flexibility index (Phi) is 6.10. The summed E-state index contributed by atoms with van der Waals surface area (Å²) in [5, 5.41) is 18.6. The predicted molar refractivity (Wildman–Crippen MR) is 85.7 cm³/mol. The topological polar surface area (TPSA) is 64.0 Å². The first-order valence-electron chi connectivity index (χ1n) is 7.92. The number of amides is 1. The average Bonchev–Trinajstić information content (AvgIpc) is 2.92. The molecule has 1 amide bonds. The Morgan fingerprint density at radius 1 is 1.35 bits per heavy atom. The van der Waals surface area contributed by atoms with Crippen molar-refractivity contribution in [3.05, 3.63) is 35.1 Å². The maximum Gasteiger partial charge on any atom is 0.253 e. The molecular formula is C17H25FN2O3. The van der Waals surface area contributed by atoms with Crippen molar-refractivity contribution in [1.82, 2.24) is 9.80 Å². The standard InChI is InChI=1S/C17H25FN2O3/c1-12-7-13(3-4-16(12)18)17(23)20-9-14(15(10-20)11-22)8-19(2)5-6-21/h3-4,7,14-15,21-22H,5-6,8-11H2,1-2H3/t14-,15-/m1/s1. The van der Waals surface area contributed by atoms with Crippen molar-refractivity contribution in [1.29, 1.82) is 0 Å². The van der Waals surface area contributed by atoms with Gasteiger partial charge in [-0.1, -0.05) is 0 Å². The van der Waals surface area contributed by atoms with Gasteiger partial charge in [0.2, 0.25) is 0 Å². The molecule has 0 spiro atoms. The van der Waals surface area contributed by atoms with Crippen molar-refractivity contribution in [2.75, 3.05) is 46.4 Å². The van der Waals surface area contributed by atoms with Crippen molar-refractivity contribution < 1.29 is 19.4 Å². The molecule has 0 unspecified atom stereocenters. The van der Waals surface area contributed by atoms with Crippen molar-refractivity contribution in [2.45, 2.75) is 6.92 Å². The molecule has 2 atom stereocenters. The van der Waals surface area contributed by atoms with Crippen molar-refractivity contribution in [2.24, 2.45) is 11.8 Å². The first-order valence-corrected chi connectivity index (χ1v) is 7.92. The van der Waals surface area contributed by atoms with E-state index in [0.29, 0.717) is 30.8 Å². The lowest BCUT2D eigenvalue weighted by Crippen LogP contribution is -2.33. The summed E-state index contributed by atoms with van der Waals surface area (Å²) in [7, 11) is 1.92. The molecule has 128 valence electrons. The van der Waals surface area contributed by atoms with Gasteiger partial charge in [-0.3, -0.25) is 4.79 Å². The molecule has 23 heavy (non-hydrogen) atoms. The number of aryl methyl sites for hydroxylation is 1. The van der Waals surface area contributed by atoms with Crippen LogP contribution >= 0.6 is 0 Å². The number of carbonyl (C=O) groups is 1. The first kappa shape index (κ1) is 17.8. The number of likely N-dealkylation sites (N-methyl/N-ethyl adjacent to an activating group) is 1. The maximum atomic E-state index is 13.4. The molecule has 0 bridgehead atoms. The summed E-state index contributed by atoms with van der Waals surface area (Å²) < 4.78 is 13.4. The highest BCUT2D eigenvalue weighted by Crippen LogP contribution is 2.25. The van der Waals surface area contributed by atoms with Crippen LogP contribution in [-0.2, 0) is 0 Å². The Morgan fingerprint density at radius 2 is 2.04 bits per heavy atom. The summed E-state index contributed by atoms with van der Waals surface area (Å²) in [6, 6.07) is 4.38. The molecule has 1 fully saturated rings. The molecule has 0 aromatic heterocycles. The number of aliphatic hydroxyl groups is 2. The third-order valence-electron chi connectivity index (χ3n) is 4.53. The molecule has 1 aliphatic rings. The number of rotatable bonds is 6. The summed E-state index contributed by atoms with van der Waals surface area (Å²) in [4.78, 5) is 16.3. The van der Waals surface area contributed by atoms with Gasteiger partial charge in [-0.25, -0.2) is 4.39 Å². The van der Waals surface area contributed by atoms with Crippen LogP contribution in [0.5, 0.6) is 0 Å². The second-order valence-electron chi connectivity index (χ2n) is 6.36. The molecule has 0 aliphatic carbocycles. The molecule has 2 N–H and O–H groups in total. The van der Waals surface area contributed by atoms with Gasteiger partial charge >= 0.3 is 0 Å². The lowest BCUT2D eigenvalue weighted by atomic mass is 9.96. The quantitative estimate of drug-likeness (QED) is 0.810. The van der Waals surface area contributed by atoms with Crippen LogP contribution in [0.15, 0.2) is 18.2 Å². The largest absolute Gasteiger partial charge is 0.396 e. The molecule has 6 heteroatoms. The molecule has 2 rings (SSSR count). The van der Waals surface area contributed by atoms with E-state index < -0.39 is 0 Å². The van der Waals surface area contributed by atoms with E-state index in [9.17, 15) is 14.3 Å². The Balaban J connectivity index is 2.05. The fourth-order valence-electron chi connectivity index (χ4n) is 3.14. The van der Waals surface area contributed by atoms with Crippen LogP contribution in [0.25, 0.3) is 0 Å². The lowest BCUT2D eigenvalue weighted by molar-refractivity contribution is 0.0778. The number of hydrogen-bond donors (Lipinski definition) is 2. The molecular weight excluding hydrogens is 299 g/mol. The van der Waals surface area contributed by atoms with E-state index in [1.807, 2.05) is 11.9 Å². The number of carbonyl (C=O) groups excluding carboxylic acids is 1. The van der Waals surface area contributed by atoms with E-state index in [2.05, 4.69) is 0 Å². The molecule has 1 saturated heterocycles. The Bertz CT molecular complexity index is 553. The molecule has 1 aliphatic heterocycles. The van der Waals surface area contributed by atoms with E-state index in [1.54, 1.807) is 17.9 Å². The smallest absolute Gasteiger partial charge is 0.253 e.